The first-order chi connectivity index (χ1) is 11.7. The summed E-state index contributed by atoms with van der Waals surface area (Å²) in [5.41, 5.74) is 1.78. The summed E-state index contributed by atoms with van der Waals surface area (Å²) in [6.07, 6.45) is 0.228. The van der Waals surface area contributed by atoms with Gasteiger partial charge in [0, 0.05) is 12.1 Å². The van der Waals surface area contributed by atoms with E-state index in [0.29, 0.717) is 24.7 Å². The van der Waals surface area contributed by atoms with Gasteiger partial charge in [0.1, 0.15) is 17.2 Å². The first-order valence-electron chi connectivity index (χ1n) is 7.85. The van der Waals surface area contributed by atoms with Crippen molar-refractivity contribution in [3.63, 3.8) is 0 Å². The van der Waals surface area contributed by atoms with E-state index in [1.807, 2.05) is 37.3 Å². The molecule has 1 amide bonds. The molecule has 0 spiro atoms. The van der Waals surface area contributed by atoms with Crippen molar-refractivity contribution in [2.24, 2.45) is 0 Å². The molecule has 0 radical (unpaired) electrons. The van der Waals surface area contributed by atoms with Gasteiger partial charge in [-0.1, -0.05) is 12.1 Å². The standard InChI is InChI=1S/C19H23NO4/c1-4-24-17-7-5-6-14(10-17)13-20-19(21)12-15-11-16(22-2)8-9-18(15)23-3/h5-11H,4,12-13H2,1-3H3,(H,20,21). The van der Waals surface area contributed by atoms with Crippen molar-refractivity contribution in [1.29, 1.82) is 0 Å². The van der Waals surface area contributed by atoms with Crippen LogP contribution in [0.4, 0.5) is 0 Å². The number of benzene rings is 2. The van der Waals surface area contributed by atoms with E-state index in [4.69, 9.17) is 14.2 Å². The van der Waals surface area contributed by atoms with Gasteiger partial charge in [0.15, 0.2) is 0 Å². The molecule has 2 aromatic rings. The fraction of sp³-hybridized carbons (Fsp3) is 0.316. The number of methoxy groups -OCH3 is 2. The summed E-state index contributed by atoms with van der Waals surface area (Å²) in [5, 5.41) is 2.91. The number of ether oxygens (including phenoxy) is 3. The predicted molar refractivity (Wildman–Crippen MR) is 92.7 cm³/mol. The van der Waals surface area contributed by atoms with Crippen molar-refractivity contribution in [3.05, 3.63) is 53.6 Å². The van der Waals surface area contributed by atoms with Crippen LogP contribution in [0.1, 0.15) is 18.1 Å². The Bertz CT molecular complexity index is 685. The van der Waals surface area contributed by atoms with Crippen molar-refractivity contribution >= 4 is 5.91 Å². The van der Waals surface area contributed by atoms with Crippen LogP contribution < -0.4 is 19.5 Å². The molecule has 0 atom stereocenters. The lowest BCUT2D eigenvalue weighted by Gasteiger charge is -2.11. The second-order valence-corrected chi connectivity index (χ2v) is 5.21. The zero-order valence-corrected chi connectivity index (χ0v) is 14.3. The maximum atomic E-state index is 12.2. The van der Waals surface area contributed by atoms with Gasteiger partial charge in [0.25, 0.3) is 0 Å². The number of rotatable bonds is 8. The minimum absolute atomic E-state index is 0.0802. The van der Waals surface area contributed by atoms with E-state index in [1.165, 1.54) is 0 Å². The van der Waals surface area contributed by atoms with Crippen molar-refractivity contribution in [1.82, 2.24) is 5.32 Å². The molecule has 24 heavy (non-hydrogen) atoms. The SMILES string of the molecule is CCOc1cccc(CNC(=O)Cc2cc(OC)ccc2OC)c1. The van der Waals surface area contributed by atoms with Gasteiger partial charge in [-0.15, -0.1) is 0 Å². The number of nitrogens with one attached hydrogen (secondary N) is 1. The Hall–Kier alpha value is -2.69. The lowest BCUT2D eigenvalue weighted by Crippen LogP contribution is -2.24. The monoisotopic (exact) mass is 329 g/mol. The molecule has 0 saturated carbocycles. The minimum Gasteiger partial charge on any atom is -0.497 e. The molecular formula is C19H23NO4. The number of hydrogen-bond donors (Lipinski definition) is 1. The molecule has 0 saturated heterocycles. The third-order valence-electron chi connectivity index (χ3n) is 3.54. The van der Waals surface area contributed by atoms with E-state index in [9.17, 15) is 4.79 Å². The summed E-state index contributed by atoms with van der Waals surface area (Å²) in [7, 11) is 3.18. The molecular weight excluding hydrogens is 306 g/mol. The van der Waals surface area contributed by atoms with E-state index < -0.39 is 0 Å². The van der Waals surface area contributed by atoms with Gasteiger partial charge < -0.3 is 19.5 Å². The van der Waals surface area contributed by atoms with Crippen LogP contribution in [0.25, 0.3) is 0 Å². The maximum absolute atomic E-state index is 12.2. The molecule has 0 fully saturated rings. The Morgan fingerprint density at radius 1 is 1.04 bits per heavy atom. The van der Waals surface area contributed by atoms with Crippen LogP contribution >= 0.6 is 0 Å². The van der Waals surface area contributed by atoms with Gasteiger partial charge in [0.05, 0.1) is 27.2 Å². The molecule has 128 valence electrons. The molecule has 0 aromatic heterocycles. The van der Waals surface area contributed by atoms with Gasteiger partial charge in [-0.25, -0.2) is 0 Å². The van der Waals surface area contributed by atoms with E-state index in [0.717, 1.165) is 16.9 Å². The Morgan fingerprint density at radius 3 is 2.58 bits per heavy atom. The van der Waals surface area contributed by atoms with E-state index >= 15 is 0 Å². The number of carbonyl (C=O) groups is 1. The van der Waals surface area contributed by atoms with Gasteiger partial charge in [-0.2, -0.15) is 0 Å². The first kappa shape index (κ1) is 17.7. The molecule has 5 heteroatoms. The topological polar surface area (TPSA) is 56.8 Å². The largest absolute Gasteiger partial charge is 0.497 e. The van der Waals surface area contributed by atoms with Crippen molar-refractivity contribution < 1.29 is 19.0 Å². The zero-order valence-electron chi connectivity index (χ0n) is 14.3. The molecule has 0 aliphatic rings. The molecule has 1 N–H and O–H groups in total. The summed E-state index contributed by atoms with van der Waals surface area (Å²) in [6.45, 7) is 3.01. The first-order valence-corrected chi connectivity index (χ1v) is 7.85. The third kappa shape index (κ3) is 4.91. The maximum Gasteiger partial charge on any atom is 0.224 e. The van der Waals surface area contributed by atoms with Crippen LogP contribution in [0.5, 0.6) is 17.2 Å². The molecule has 0 aliphatic heterocycles. The average molecular weight is 329 g/mol. The highest BCUT2D eigenvalue weighted by atomic mass is 16.5. The summed E-state index contributed by atoms with van der Waals surface area (Å²) in [6, 6.07) is 13.1. The summed E-state index contributed by atoms with van der Waals surface area (Å²) >= 11 is 0. The number of amides is 1. The second-order valence-electron chi connectivity index (χ2n) is 5.21. The quantitative estimate of drug-likeness (QED) is 0.809. The average Bonchev–Trinajstić information content (AvgIpc) is 2.60. The van der Waals surface area contributed by atoms with Gasteiger partial charge in [0.2, 0.25) is 5.91 Å². The Labute approximate surface area is 142 Å². The normalized spacial score (nSPS) is 10.1. The number of carbonyl (C=O) groups excluding carboxylic acids is 1. The van der Waals surface area contributed by atoms with Crippen molar-refractivity contribution in [2.75, 3.05) is 20.8 Å². The molecule has 2 rings (SSSR count). The highest BCUT2D eigenvalue weighted by molar-refractivity contribution is 5.79. The van der Waals surface area contributed by atoms with Crippen LogP contribution in [0.15, 0.2) is 42.5 Å². The third-order valence-corrected chi connectivity index (χ3v) is 3.54. The Morgan fingerprint density at radius 2 is 1.88 bits per heavy atom. The highest BCUT2D eigenvalue weighted by Crippen LogP contribution is 2.24. The van der Waals surface area contributed by atoms with Crippen LogP contribution in [0.3, 0.4) is 0 Å². The molecule has 2 aromatic carbocycles. The Kier molecular flexibility index (Phi) is 6.49. The van der Waals surface area contributed by atoms with Gasteiger partial charge >= 0.3 is 0 Å². The molecule has 0 aliphatic carbocycles. The van der Waals surface area contributed by atoms with Crippen LogP contribution in [-0.2, 0) is 17.8 Å². The second kappa shape index (κ2) is 8.82. The van der Waals surface area contributed by atoms with Gasteiger partial charge in [-0.3, -0.25) is 4.79 Å². The zero-order chi connectivity index (χ0) is 17.4. The van der Waals surface area contributed by atoms with Crippen molar-refractivity contribution in [2.45, 2.75) is 19.9 Å². The van der Waals surface area contributed by atoms with E-state index in [1.54, 1.807) is 26.4 Å². The summed E-state index contributed by atoms with van der Waals surface area (Å²) < 4.78 is 16.0. The van der Waals surface area contributed by atoms with Crippen LogP contribution in [0, 0.1) is 0 Å². The van der Waals surface area contributed by atoms with E-state index in [2.05, 4.69) is 5.32 Å². The lowest BCUT2D eigenvalue weighted by molar-refractivity contribution is -0.120. The fourth-order valence-corrected chi connectivity index (χ4v) is 2.37. The lowest BCUT2D eigenvalue weighted by atomic mass is 10.1. The van der Waals surface area contributed by atoms with Gasteiger partial charge in [-0.05, 0) is 42.8 Å². The molecule has 0 heterocycles. The minimum atomic E-state index is -0.0802. The number of hydrogen-bond acceptors (Lipinski definition) is 4. The van der Waals surface area contributed by atoms with Crippen LogP contribution in [0.2, 0.25) is 0 Å². The molecule has 0 unspecified atom stereocenters. The highest BCUT2D eigenvalue weighted by Gasteiger charge is 2.10. The summed E-state index contributed by atoms with van der Waals surface area (Å²) in [4.78, 5) is 12.2. The van der Waals surface area contributed by atoms with Crippen molar-refractivity contribution in [3.8, 4) is 17.2 Å². The fourth-order valence-electron chi connectivity index (χ4n) is 2.37. The Balaban J connectivity index is 1.97. The summed E-state index contributed by atoms with van der Waals surface area (Å²) in [5.74, 6) is 2.09. The smallest absolute Gasteiger partial charge is 0.224 e. The molecule has 0 bridgehead atoms. The molecule has 5 nitrogen and oxygen atoms in total. The predicted octanol–water partition coefficient (Wildman–Crippen LogP) is 2.96. The van der Waals surface area contributed by atoms with Crippen LogP contribution in [-0.4, -0.2) is 26.7 Å². The van der Waals surface area contributed by atoms with E-state index in [-0.39, 0.29) is 12.3 Å².